The minimum atomic E-state index is -0.363. The van der Waals surface area contributed by atoms with E-state index < -0.39 is 0 Å². The highest BCUT2D eigenvalue weighted by molar-refractivity contribution is 7.25. The lowest BCUT2D eigenvalue weighted by atomic mass is 9.73. The summed E-state index contributed by atoms with van der Waals surface area (Å²) in [4.78, 5) is 13.0. The maximum Gasteiger partial charge on any atom is 0.162 e. The van der Waals surface area contributed by atoms with Gasteiger partial charge in [-0.15, -0.1) is 11.3 Å². The standard InChI is InChI=1S/C48H33N3OS/c1-48-29-33(32-24-25-43-36(26-32)35-19-9-13-23-42(35)53-43)27-37-34-18-8-12-22-41(34)52-45(37)46(48)51(40-21-11-10-20-38(40)48)44-28-39(30-14-4-2-5-15-30)49-47(50-44)31-16-6-3-7-17-31/h2-28,46H,29H2,1H3. The monoisotopic (exact) mass is 699 g/mol. The zero-order chi connectivity index (χ0) is 35.1. The van der Waals surface area contributed by atoms with Gasteiger partial charge >= 0.3 is 0 Å². The van der Waals surface area contributed by atoms with Gasteiger partial charge in [-0.2, -0.15) is 0 Å². The van der Waals surface area contributed by atoms with E-state index in [1.165, 1.54) is 36.9 Å². The van der Waals surface area contributed by atoms with Crippen LogP contribution < -0.4 is 4.90 Å². The van der Waals surface area contributed by atoms with E-state index in [2.05, 4.69) is 151 Å². The van der Waals surface area contributed by atoms with Crippen LogP contribution in [-0.2, 0) is 5.41 Å². The number of furan rings is 1. The molecule has 0 saturated heterocycles. The van der Waals surface area contributed by atoms with Crippen LogP contribution in [0.5, 0.6) is 0 Å². The molecule has 2 atom stereocenters. The number of nitrogens with zero attached hydrogens (tertiary/aromatic N) is 3. The molecule has 1 aliphatic carbocycles. The van der Waals surface area contributed by atoms with Crippen molar-refractivity contribution in [1.29, 1.82) is 0 Å². The Hall–Kier alpha value is -6.30. The van der Waals surface area contributed by atoms with Gasteiger partial charge in [0, 0.05) is 59.4 Å². The highest BCUT2D eigenvalue weighted by Crippen LogP contribution is 2.61. The van der Waals surface area contributed by atoms with Crippen molar-refractivity contribution >= 4 is 65.6 Å². The largest absolute Gasteiger partial charge is 0.458 e. The Morgan fingerprint density at radius 2 is 1.34 bits per heavy atom. The highest BCUT2D eigenvalue weighted by atomic mass is 32.1. The topological polar surface area (TPSA) is 42.2 Å². The molecular formula is C48H33N3OS. The van der Waals surface area contributed by atoms with Gasteiger partial charge in [-0.25, -0.2) is 9.97 Å². The summed E-state index contributed by atoms with van der Waals surface area (Å²) in [6, 6.07) is 55.8. The van der Waals surface area contributed by atoms with Crippen LogP contribution >= 0.6 is 11.3 Å². The maximum absolute atomic E-state index is 7.03. The molecule has 4 nitrogen and oxygen atoms in total. The number of aromatic nitrogens is 2. The molecular weight excluding hydrogens is 667 g/mol. The number of hydrogen-bond donors (Lipinski definition) is 0. The van der Waals surface area contributed by atoms with Gasteiger partial charge in [-0.1, -0.05) is 128 Å². The number of thiophene rings is 1. The van der Waals surface area contributed by atoms with Crippen molar-refractivity contribution in [1.82, 2.24) is 9.97 Å². The second kappa shape index (κ2) is 11.6. The molecule has 0 saturated carbocycles. The van der Waals surface area contributed by atoms with Gasteiger partial charge in [0.05, 0.1) is 5.69 Å². The Balaban J connectivity index is 1.16. The lowest BCUT2D eigenvalue weighted by Gasteiger charge is -2.35. The van der Waals surface area contributed by atoms with Crippen molar-refractivity contribution in [3.8, 4) is 22.6 Å². The lowest BCUT2D eigenvalue weighted by molar-refractivity contribution is 0.363. The molecule has 5 heteroatoms. The van der Waals surface area contributed by atoms with Crippen molar-refractivity contribution in [2.24, 2.45) is 0 Å². The molecule has 6 aromatic carbocycles. The van der Waals surface area contributed by atoms with E-state index in [1.54, 1.807) is 0 Å². The molecule has 0 radical (unpaired) electrons. The molecule has 4 heterocycles. The summed E-state index contributed by atoms with van der Waals surface area (Å²) >= 11 is 1.86. The van der Waals surface area contributed by atoms with Crippen LogP contribution in [0.2, 0.25) is 0 Å². The molecule has 9 aromatic rings. The SMILES string of the molecule is CC12CC(c3ccc4sc5ccccc5c4c3)=Cc3c(oc4ccccc34)C1N(c1cc(-c3ccccc3)nc(-c3ccccc3)n1)c1ccccc12. The molecule has 2 aliphatic rings. The van der Waals surface area contributed by atoms with E-state index in [4.69, 9.17) is 14.4 Å². The molecule has 0 bridgehead atoms. The fraction of sp³-hybridized carbons (Fsp3) is 0.0833. The van der Waals surface area contributed by atoms with E-state index in [1.807, 2.05) is 35.6 Å². The minimum absolute atomic E-state index is 0.177. The van der Waals surface area contributed by atoms with Gasteiger partial charge in [0.15, 0.2) is 5.82 Å². The summed E-state index contributed by atoms with van der Waals surface area (Å²) in [5, 5.41) is 3.75. The van der Waals surface area contributed by atoms with Crippen molar-refractivity contribution in [2.45, 2.75) is 24.8 Å². The Labute approximate surface area is 311 Å². The first-order valence-corrected chi connectivity index (χ1v) is 19.0. The maximum atomic E-state index is 7.03. The summed E-state index contributed by atoms with van der Waals surface area (Å²) in [5.74, 6) is 2.50. The average Bonchev–Trinajstić information content (AvgIpc) is 3.82. The lowest BCUT2D eigenvalue weighted by Crippen LogP contribution is -2.33. The van der Waals surface area contributed by atoms with E-state index in [0.717, 1.165) is 57.0 Å². The zero-order valence-corrected chi connectivity index (χ0v) is 29.8. The Morgan fingerprint density at radius 3 is 2.19 bits per heavy atom. The second-order valence-electron chi connectivity index (χ2n) is 14.4. The Morgan fingerprint density at radius 1 is 0.642 bits per heavy atom. The van der Waals surface area contributed by atoms with Gasteiger partial charge in [-0.05, 0) is 59.5 Å². The van der Waals surface area contributed by atoms with Crippen LogP contribution in [-0.4, -0.2) is 9.97 Å². The predicted molar refractivity (Wildman–Crippen MR) is 220 cm³/mol. The van der Waals surface area contributed by atoms with Crippen LogP contribution in [0.15, 0.2) is 162 Å². The van der Waals surface area contributed by atoms with Gasteiger partial charge in [0.1, 0.15) is 23.2 Å². The van der Waals surface area contributed by atoms with Crippen LogP contribution in [0.3, 0.4) is 0 Å². The zero-order valence-electron chi connectivity index (χ0n) is 29.0. The normalized spacial score (nSPS) is 17.8. The first-order chi connectivity index (χ1) is 26.1. The molecule has 252 valence electrons. The molecule has 1 aliphatic heterocycles. The van der Waals surface area contributed by atoms with Crippen molar-refractivity contribution in [2.75, 3.05) is 4.90 Å². The van der Waals surface area contributed by atoms with E-state index in [9.17, 15) is 0 Å². The Bertz CT molecular complexity index is 2850. The summed E-state index contributed by atoms with van der Waals surface area (Å²) < 4.78 is 9.67. The minimum Gasteiger partial charge on any atom is -0.458 e. The predicted octanol–water partition coefficient (Wildman–Crippen LogP) is 13.0. The van der Waals surface area contributed by atoms with E-state index in [0.29, 0.717) is 5.82 Å². The smallest absolute Gasteiger partial charge is 0.162 e. The van der Waals surface area contributed by atoms with E-state index >= 15 is 0 Å². The van der Waals surface area contributed by atoms with Gasteiger partial charge < -0.3 is 9.32 Å². The number of para-hydroxylation sites is 2. The number of rotatable bonds is 4. The number of allylic oxidation sites excluding steroid dienone is 1. The number of fused-ring (bicyclic) bond motifs is 10. The second-order valence-corrected chi connectivity index (χ2v) is 15.5. The molecule has 53 heavy (non-hydrogen) atoms. The number of anilines is 2. The van der Waals surface area contributed by atoms with Crippen molar-refractivity contribution < 1.29 is 4.42 Å². The Kier molecular flexibility index (Phi) is 6.64. The van der Waals surface area contributed by atoms with Crippen molar-refractivity contribution in [3.05, 3.63) is 180 Å². The fourth-order valence-corrected chi connectivity index (χ4v) is 9.88. The first-order valence-electron chi connectivity index (χ1n) is 18.1. The van der Waals surface area contributed by atoms with E-state index in [-0.39, 0.29) is 11.5 Å². The van der Waals surface area contributed by atoms with Crippen LogP contribution in [0.1, 0.15) is 41.8 Å². The third-order valence-corrected chi connectivity index (χ3v) is 12.4. The first kappa shape index (κ1) is 30.3. The van der Waals surface area contributed by atoms with Crippen LogP contribution in [0.25, 0.3) is 65.4 Å². The molecule has 3 aromatic heterocycles. The van der Waals surface area contributed by atoms with Gasteiger partial charge in [0.25, 0.3) is 0 Å². The van der Waals surface area contributed by atoms with Crippen LogP contribution in [0.4, 0.5) is 11.5 Å². The number of benzene rings is 6. The summed E-state index contributed by atoms with van der Waals surface area (Å²) in [7, 11) is 0. The summed E-state index contributed by atoms with van der Waals surface area (Å²) in [5.41, 5.74) is 9.55. The fourth-order valence-electron chi connectivity index (χ4n) is 8.79. The quantitative estimate of drug-likeness (QED) is 0.183. The third kappa shape index (κ3) is 4.67. The third-order valence-electron chi connectivity index (χ3n) is 11.2. The van der Waals surface area contributed by atoms with Gasteiger partial charge in [-0.3, -0.25) is 0 Å². The molecule has 2 unspecified atom stereocenters. The highest BCUT2D eigenvalue weighted by Gasteiger charge is 2.53. The average molecular weight is 700 g/mol. The van der Waals surface area contributed by atoms with Crippen molar-refractivity contribution in [3.63, 3.8) is 0 Å². The van der Waals surface area contributed by atoms with Crippen LogP contribution in [0, 0.1) is 0 Å². The number of hydrogen-bond acceptors (Lipinski definition) is 5. The van der Waals surface area contributed by atoms with Gasteiger partial charge in [0.2, 0.25) is 0 Å². The summed E-state index contributed by atoms with van der Waals surface area (Å²) in [6.07, 6.45) is 3.23. The molecule has 11 rings (SSSR count). The molecule has 0 fully saturated rings. The summed E-state index contributed by atoms with van der Waals surface area (Å²) in [6.45, 7) is 2.42. The molecule has 0 amide bonds. The molecule has 0 spiro atoms. The molecule has 0 N–H and O–H groups in total.